The van der Waals surface area contributed by atoms with Crippen molar-refractivity contribution in [1.82, 2.24) is 0 Å². The van der Waals surface area contributed by atoms with E-state index in [0.717, 1.165) is 24.2 Å². The van der Waals surface area contributed by atoms with Gasteiger partial charge in [-0.05, 0) is 37.5 Å². The van der Waals surface area contributed by atoms with Gasteiger partial charge >= 0.3 is 0 Å². The Morgan fingerprint density at radius 3 is 1.50 bits per heavy atom. The van der Waals surface area contributed by atoms with Crippen molar-refractivity contribution in [3.63, 3.8) is 0 Å². The Hall–Kier alpha value is -0.260. The maximum atomic E-state index is 3.92. The summed E-state index contributed by atoms with van der Waals surface area (Å²) in [6.07, 6.45) is 29.1. The topological polar surface area (TPSA) is 0 Å². The van der Waals surface area contributed by atoms with Crippen LogP contribution in [-0.2, 0) is 0 Å². The van der Waals surface area contributed by atoms with Gasteiger partial charge in [0.05, 0.1) is 0 Å². The van der Waals surface area contributed by atoms with Gasteiger partial charge in [0.15, 0.2) is 0 Å². The summed E-state index contributed by atoms with van der Waals surface area (Å²) in [6.45, 7) is 15.1. The molecule has 0 aromatic carbocycles. The van der Waals surface area contributed by atoms with E-state index in [9.17, 15) is 0 Å². The van der Waals surface area contributed by atoms with E-state index in [1.807, 2.05) is 6.08 Å². The number of rotatable bonds is 21. The molecular weight excluding hydrogens is 336 g/mol. The molecule has 0 amide bonds. The molecule has 0 saturated carbocycles. The van der Waals surface area contributed by atoms with E-state index in [0.29, 0.717) is 0 Å². The first kappa shape index (κ1) is 27.7. The van der Waals surface area contributed by atoms with Crippen LogP contribution in [0, 0.1) is 31.6 Å². The quantitative estimate of drug-likeness (QED) is 0.171. The van der Waals surface area contributed by atoms with Crippen molar-refractivity contribution < 1.29 is 0 Å². The third kappa shape index (κ3) is 20.5. The zero-order valence-electron chi connectivity index (χ0n) is 20.0. The summed E-state index contributed by atoms with van der Waals surface area (Å²) in [5.74, 6) is 2.77. The first-order chi connectivity index (χ1) is 13.6. The lowest BCUT2D eigenvalue weighted by molar-refractivity contribution is 0.362. The number of hydrogen-bond donors (Lipinski definition) is 0. The van der Waals surface area contributed by atoms with Crippen LogP contribution in [0.3, 0.4) is 0 Å². The molecule has 0 rings (SSSR count). The minimum Gasteiger partial charge on any atom is -0.0885 e. The number of allylic oxidation sites excluding steroid dienone is 2. The van der Waals surface area contributed by atoms with E-state index in [-0.39, 0.29) is 0 Å². The molecule has 28 heavy (non-hydrogen) atoms. The Labute approximate surface area is 180 Å². The molecule has 3 unspecified atom stereocenters. The Morgan fingerprint density at radius 1 is 0.536 bits per heavy atom. The highest BCUT2D eigenvalue weighted by Crippen LogP contribution is 2.23. The molecular formula is C28H54. The van der Waals surface area contributed by atoms with Gasteiger partial charge in [-0.2, -0.15) is 0 Å². The van der Waals surface area contributed by atoms with Crippen LogP contribution in [0.1, 0.15) is 136 Å². The van der Waals surface area contributed by atoms with E-state index in [4.69, 9.17) is 0 Å². The van der Waals surface area contributed by atoms with Crippen molar-refractivity contribution in [3.05, 3.63) is 26.0 Å². The summed E-state index contributed by atoms with van der Waals surface area (Å²) in [5.41, 5.74) is 0. The van der Waals surface area contributed by atoms with Crippen molar-refractivity contribution >= 4 is 0 Å². The van der Waals surface area contributed by atoms with E-state index in [1.54, 1.807) is 0 Å². The highest BCUT2D eigenvalue weighted by Gasteiger charge is 2.08. The van der Waals surface area contributed by atoms with Crippen LogP contribution in [0.4, 0.5) is 0 Å². The molecule has 0 N–H and O–H groups in total. The second-order valence-electron chi connectivity index (χ2n) is 9.70. The van der Waals surface area contributed by atoms with Gasteiger partial charge in [-0.3, -0.25) is 0 Å². The summed E-state index contributed by atoms with van der Waals surface area (Å²) < 4.78 is 0. The summed E-state index contributed by atoms with van der Waals surface area (Å²) in [4.78, 5) is 0. The van der Waals surface area contributed by atoms with Gasteiger partial charge in [0.2, 0.25) is 0 Å². The summed E-state index contributed by atoms with van der Waals surface area (Å²) in [5, 5.41) is 0. The molecule has 0 bridgehead atoms. The van der Waals surface area contributed by atoms with Crippen LogP contribution in [0.5, 0.6) is 0 Å². The smallest absolute Gasteiger partial charge is 0.0316 e. The van der Waals surface area contributed by atoms with E-state index in [2.05, 4.69) is 40.7 Å². The lowest BCUT2D eigenvalue weighted by atomic mass is 9.89. The first-order valence-electron chi connectivity index (χ1n) is 12.8. The van der Waals surface area contributed by atoms with Crippen molar-refractivity contribution in [2.24, 2.45) is 17.8 Å². The third-order valence-electron chi connectivity index (χ3n) is 6.48. The Bertz CT molecular complexity index is 316. The maximum absolute atomic E-state index is 3.92. The fourth-order valence-corrected chi connectivity index (χ4v) is 4.24. The molecule has 0 aliphatic carbocycles. The summed E-state index contributed by atoms with van der Waals surface area (Å²) >= 11 is 0. The molecule has 0 spiro atoms. The molecule has 0 nitrogen and oxygen atoms in total. The average Bonchev–Trinajstić information content (AvgIpc) is 2.68. The highest BCUT2D eigenvalue weighted by atomic mass is 14.1. The normalized spacial score (nSPS) is 15.2. The molecule has 0 heteroatoms. The van der Waals surface area contributed by atoms with Crippen molar-refractivity contribution in [2.75, 3.05) is 0 Å². The molecule has 0 aliphatic heterocycles. The van der Waals surface area contributed by atoms with Crippen molar-refractivity contribution in [1.29, 1.82) is 0 Å². The zero-order valence-corrected chi connectivity index (χ0v) is 20.0. The van der Waals surface area contributed by atoms with Crippen LogP contribution in [-0.4, -0.2) is 0 Å². The molecule has 0 saturated heterocycles. The van der Waals surface area contributed by atoms with Crippen molar-refractivity contribution in [3.8, 4) is 0 Å². The van der Waals surface area contributed by atoms with Crippen LogP contribution in [0.15, 0.2) is 12.2 Å². The lowest BCUT2D eigenvalue weighted by Crippen LogP contribution is -2.02. The number of hydrogen-bond acceptors (Lipinski definition) is 0. The predicted molar refractivity (Wildman–Crippen MR) is 130 cm³/mol. The van der Waals surface area contributed by atoms with Crippen LogP contribution < -0.4 is 0 Å². The minimum absolute atomic E-state index is 0.920. The van der Waals surface area contributed by atoms with Gasteiger partial charge < -0.3 is 0 Å². The molecule has 3 atom stereocenters. The number of unbranched alkanes of at least 4 members (excludes halogenated alkanes) is 9. The van der Waals surface area contributed by atoms with Gasteiger partial charge in [-0.1, -0.05) is 143 Å². The van der Waals surface area contributed by atoms with Crippen LogP contribution >= 0.6 is 0 Å². The van der Waals surface area contributed by atoms with Gasteiger partial charge in [-0.15, -0.1) is 0 Å². The van der Waals surface area contributed by atoms with Crippen LogP contribution in [0.25, 0.3) is 0 Å². The zero-order chi connectivity index (χ0) is 20.9. The predicted octanol–water partition coefficient (Wildman–Crippen LogP) is 10.1. The van der Waals surface area contributed by atoms with Gasteiger partial charge in [0.1, 0.15) is 0 Å². The largest absolute Gasteiger partial charge is 0.0885 e. The molecule has 0 aromatic heterocycles. The van der Waals surface area contributed by atoms with Crippen molar-refractivity contribution in [2.45, 2.75) is 136 Å². The monoisotopic (exact) mass is 390 g/mol. The minimum atomic E-state index is 0.920. The fraction of sp³-hybridized carbons (Fsp3) is 0.857. The third-order valence-corrected chi connectivity index (χ3v) is 6.48. The summed E-state index contributed by atoms with van der Waals surface area (Å²) in [6, 6.07) is 0. The average molecular weight is 391 g/mol. The Kier molecular flexibility index (Phi) is 21.2. The van der Waals surface area contributed by atoms with E-state index in [1.165, 1.54) is 109 Å². The lowest BCUT2D eigenvalue weighted by Gasteiger charge is -2.17. The molecule has 0 fully saturated rings. The fourth-order valence-electron chi connectivity index (χ4n) is 4.24. The van der Waals surface area contributed by atoms with Crippen LogP contribution in [0.2, 0.25) is 0 Å². The molecule has 166 valence electrons. The Morgan fingerprint density at radius 2 is 0.964 bits per heavy atom. The first-order valence-corrected chi connectivity index (χ1v) is 12.8. The standard InChI is InChI=1S/C28H54/c1-6-8-10-12-14-16-18-21-27(4)24-25-28(5)23-19-22-26(3)20-17-15-13-11-9-7-2/h7,9,26-28H,1-2,6,8,10-25H2,3-5H3. The SMILES string of the molecule is [CH2]C=CCCCCCC(C)CCCC(C)CCC(C)CCCCCCCC[CH2]. The maximum Gasteiger partial charge on any atom is -0.0316 e. The second-order valence-corrected chi connectivity index (χ2v) is 9.70. The van der Waals surface area contributed by atoms with Gasteiger partial charge in [0.25, 0.3) is 0 Å². The molecule has 0 aliphatic rings. The molecule has 0 aromatic rings. The summed E-state index contributed by atoms with van der Waals surface area (Å²) in [7, 11) is 0. The molecule has 2 radical (unpaired) electrons. The molecule has 0 heterocycles. The van der Waals surface area contributed by atoms with Gasteiger partial charge in [-0.25, -0.2) is 0 Å². The van der Waals surface area contributed by atoms with E-state index < -0.39 is 0 Å². The van der Waals surface area contributed by atoms with E-state index >= 15 is 0 Å². The highest BCUT2D eigenvalue weighted by molar-refractivity contribution is 4.83. The Balaban J connectivity index is 3.46. The second kappa shape index (κ2) is 21.4. The van der Waals surface area contributed by atoms with Gasteiger partial charge in [0, 0.05) is 0 Å².